The zero-order valence-electron chi connectivity index (χ0n) is 16.8. The number of benzene rings is 2. The minimum atomic E-state index is -0.393. The summed E-state index contributed by atoms with van der Waals surface area (Å²) in [6.45, 7) is 7.95. The van der Waals surface area contributed by atoms with Crippen LogP contribution in [0.15, 0.2) is 45.6 Å². The SMILES string of the molecule is CCc1cc2c(C)cc(=O)oc2c(C[NH+]2CCN(c3ccc(F)cc3)CC2)c1O. The van der Waals surface area contributed by atoms with Gasteiger partial charge in [-0.2, -0.15) is 0 Å². The molecule has 1 aliphatic heterocycles. The van der Waals surface area contributed by atoms with E-state index in [4.69, 9.17) is 4.42 Å². The van der Waals surface area contributed by atoms with E-state index in [-0.39, 0.29) is 11.6 Å². The molecule has 2 aromatic carbocycles. The van der Waals surface area contributed by atoms with Gasteiger partial charge in [-0.15, -0.1) is 0 Å². The molecule has 1 aliphatic rings. The highest BCUT2D eigenvalue weighted by Crippen LogP contribution is 2.32. The molecule has 0 saturated carbocycles. The van der Waals surface area contributed by atoms with Crippen molar-refractivity contribution in [3.05, 3.63) is 69.3 Å². The maximum atomic E-state index is 13.2. The molecule has 3 aromatic rings. The predicted octanol–water partition coefficient (Wildman–Crippen LogP) is 2.41. The molecule has 4 rings (SSSR count). The summed E-state index contributed by atoms with van der Waals surface area (Å²) in [4.78, 5) is 15.5. The number of aryl methyl sites for hydroxylation is 2. The monoisotopic (exact) mass is 397 g/mol. The van der Waals surface area contributed by atoms with E-state index in [0.717, 1.165) is 48.4 Å². The van der Waals surface area contributed by atoms with E-state index in [1.807, 2.05) is 32.0 Å². The van der Waals surface area contributed by atoms with Crippen molar-refractivity contribution in [1.82, 2.24) is 0 Å². The standard InChI is InChI=1S/C23H25FN2O3/c1-3-16-13-19-15(2)12-21(27)29-23(19)20(22(16)28)14-25-8-10-26(11-9-25)18-6-4-17(24)5-7-18/h4-7,12-13,28H,3,8-11,14H2,1-2H3/p+1. The lowest BCUT2D eigenvalue weighted by atomic mass is 9.99. The fraction of sp³-hybridized carbons (Fsp3) is 0.348. The van der Waals surface area contributed by atoms with Crippen LogP contribution in [0, 0.1) is 12.7 Å². The number of hydrogen-bond donors (Lipinski definition) is 2. The second-order valence-electron chi connectivity index (χ2n) is 7.73. The van der Waals surface area contributed by atoms with E-state index in [2.05, 4.69) is 4.90 Å². The summed E-state index contributed by atoms with van der Waals surface area (Å²) in [6, 6.07) is 10.0. The van der Waals surface area contributed by atoms with Crippen molar-refractivity contribution in [3.63, 3.8) is 0 Å². The number of anilines is 1. The van der Waals surface area contributed by atoms with Crippen LogP contribution in [-0.2, 0) is 13.0 Å². The van der Waals surface area contributed by atoms with E-state index in [9.17, 15) is 14.3 Å². The largest absolute Gasteiger partial charge is 0.507 e. The van der Waals surface area contributed by atoms with Gasteiger partial charge >= 0.3 is 5.63 Å². The van der Waals surface area contributed by atoms with Gasteiger partial charge in [-0.05, 0) is 54.8 Å². The zero-order valence-corrected chi connectivity index (χ0v) is 16.8. The third-order valence-electron chi connectivity index (χ3n) is 5.86. The van der Waals surface area contributed by atoms with E-state index in [0.29, 0.717) is 24.1 Å². The summed E-state index contributed by atoms with van der Waals surface area (Å²) in [5.74, 6) is 0.00942. The molecule has 5 nitrogen and oxygen atoms in total. The molecule has 0 atom stereocenters. The minimum Gasteiger partial charge on any atom is -0.507 e. The van der Waals surface area contributed by atoms with Crippen LogP contribution >= 0.6 is 0 Å². The minimum absolute atomic E-state index is 0.229. The van der Waals surface area contributed by atoms with Gasteiger partial charge in [0.2, 0.25) is 0 Å². The Morgan fingerprint density at radius 1 is 1.17 bits per heavy atom. The van der Waals surface area contributed by atoms with Crippen molar-refractivity contribution in [2.24, 2.45) is 0 Å². The lowest BCUT2D eigenvalue weighted by Crippen LogP contribution is -3.13. The van der Waals surface area contributed by atoms with Crippen LogP contribution < -0.4 is 15.4 Å². The summed E-state index contributed by atoms with van der Waals surface area (Å²) < 4.78 is 18.7. The molecule has 0 aliphatic carbocycles. The predicted molar refractivity (Wildman–Crippen MR) is 111 cm³/mol. The Morgan fingerprint density at radius 3 is 2.52 bits per heavy atom. The highest BCUT2D eigenvalue weighted by Gasteiger charge is 2.25. The Bertz CT molecular complexity index is 1080. The number of phenolic OH excluding ortho intramolecular Hbond substituents is 1. The molecule has 1 aromatic heterocycles. The van der Waals surface area contributed by atoms with E-state index in [1.54, 1.807) is 0 Å². The Kier molecular flexibility index (Phi) is 5.28. The molecule has 0 spiro atoms. The second kappa shape index (κ2) is 7.87. The van der Waals surface area contributed by atoms with Crippen LogP contribution in [0.1, 0.15) is 23.6 Å². The molecule has 2 heterocycles. The third kappa shape index (κ3) is 3.85. The fourth-order valence-electron chi connectivity index (χ4n) is 4.16. The zero-order chi connectivity index (χ0) is 20.5. The van der Waals surface area contributed by atoms with Gasteiger partial charge < -0.3 is 19.3 Å². The van der Waals surface area contributed by atoms with Gasteiger partial charge in [0, 0.05) is 17.1 Å². The average molecular weight is 397 g/mol. The molecule has 152 valence electrons. The lowest BCUT2D eigenvalue weighted by Gasteiger charge is -2.34. The Balaban J connectivity index is 1.59. The highest BCUT2D eigenvalue weighted by molar-refractivity contribution is 5.86. The average Bonchev–Trinajstić information content (AvgIpc) is 2.71. The summed E-state index contributed by atoms with van der Waals surface area (Å²) in [5.41, 5.74) is 3.57. The molecule has 2 N–H and O–H groups in total. The van der Waals surface area contributed by atoms with E-state index < -0.39 is 5.63 Å². The molecule has 0 radical (unpaired) electrons. The van der Waals surface area contributed by atoms with Gasteiger partial charge in [0.05, 0.1) is 31.7 Å². The Morgan fingerprint density at radius 2 is 1.86 bits per heavy atom. The first kappa shape index (κ1) is 19.5. The lowest BCUT2D eigenvalue weighted by molar-refractivity contribution is -0.914. The van der Waals surface area contributed by atoms with Crippen molar-refractivity contribution < 1.29 is 18.8 Å². The first-order valence-corrected chi connectivity index (χ1v) is 10.1. The van der Waals surface area contributed by atoms with Gasteiger partial charge in [0.15, 0.2) is 5.58 Å². The molecule has 1 saturated heterocycles. The van der Waals surface area contributed by atoms with Crippen LogP contribution in [0.25, 0.3) is 11.0 Å². The number of rotatable bonds is 4. The van der Waals surface area contributed by atoms with Gasteiger partial charge in [0.1, 0.15) is 18.1 Å². The molecular weight excluding hydrogens is 371 g/mol. The maximum absolute atomic E-state index is 13.2. The third-order valence-corrected chi connectivity index (χ3v) is 5.86. The van der Waals surface area contributed by atoms with Crippen molar-refractivity contribution in [2.45, 2.75) is 26.8 Å². The summed E-state index contributed by atoms with van der Waals surface area (Å²) in [6.07, 6.45) is 0.709. The van der Waals surface area contributed by atoms with Gasteiger partial charge in [-0.1, -0.05) is 6.92 Å². The van der Waals surface area contributed by atoms with Crippen LogP contribution in [0.2, 0.25) is 0 Å². The number of nitrogens with zero attached hydrogens (tertiary/aromatic N) is 1. The summed E-state index contributed by atoms with van der Waals surface area (Å²) in [7, 11) is 0. The molecule has 0 amide bonds. The van der Waals surface area contributed by atoms with Gasteiger partial charge in [-0.3, -0.25) is 0 Å². The van der Waals surface area contributed by atoms with Gasteiger partial charge in [0.25, 0.3) is 0 Å². The van der Waals surface area contributed by atoms with Crippen LogP contribution in [0.5, 0.6) is 5.75 Å². The number of nitrogens with one attached hydrogen (secondary N) is 1. The topological polar surface area (TPSA) is 58.1 Å². The summed E-state index contributed by atoms with van der Waals surface area (Å²) >= 11 is 0. The summed E-state index contributed by atoms with van der Waals surface area (Å²) in [5, 5.41) is 11.7. The smallest absolute Gasteiger partial charge is 0.336 e. The Hall–Kier alpha value is -2.86. The Labute approximate surface area is 169 Å². The number of phenols is 1. The van der Waals surface area contributed by atoms with Gasteiger partial charge in [-0.25, -0.2) is 9.18 Å². The molecule has 6 heteroatoms. The van der Waals surface area contributed by atoms with Crippen LogP contribution in [0.3, 0.4) is 0 Å². The quantitative estimate of drug-likeness (QED) is 0.664. The fourth-order valence-corrected chi connectivity index (χ4v) is 4.16. The normalized spacial score (nSPS) is 15.2. The van der Waals surface area contributed by atoms with Crippen molar-refractivity contribution in [3.8, 4) is 5.75 Å². The molecule has 29 heavy (non-hydrogen) atoms. The van der Waals surface area contributed by atoms with Crippen molar-refractivity contribution in [2.75, 3.05) is 31.1 Å². The van der Waals surface area contributed by atoms with E-state index in [1.165, 1.54) is 23.1 Å². The number of piperazine rings is 1. The highest BCUT2D eigenvalue weighted by atomic mass is 19.1. The number of aromatic hydroxyl groups is 1. The van der Waals surface area contributed by atoms with Crippen LogP contribution in [-0.4, -0.2) is 31.3 Å². The number of fused-ring (bicyclic) bond motifs is 1. The molecule has 1 fully saturated rings. The van der Waals surface area contributed by atoms with E-state index >= 15 is 0 Å². The second-order valence-corrected chi connectivity index (χ2v) is 7.73. The first-order valence-electron chi connectivity index (χ1n) is 10.1. The molecule has 0 unspecified atom stereocenters. The number of halogens is 1. The molecule has 0 bridgehead atoms. The first-order chi connectivity index (χ1) is 14.0. The number of hydrogen-bond acceptors (Lipinski definition) is 4. The van der Waals surface area contributed by atoms with Crippen molar-refractivity contribution in [1.29, 1.82) is 0 Å². The van der Waals surface area contributed by atoms with Crippen molar-refractivity contribution >= 4 is 16.7 Å². The number of quaternary nitrogens is 1. The maximum Gasteiger partial charge on any atom is 0.336 e. The molecular formula is C23H26FN2O3+. The van der Waals surface area contributed by atoms with Crippen LogP contribution in [0.4, 0.5) is 10.1 Å².